The minimum absolute atomic E-state index is 0.0515. The largest absolute Gasteiger partial charge is 0.479 e. The van der Waals surface area contributed by atoms with Crippen LogP contribution in [-0.4, -0.2) is 52.9 Å². The zero-order valence-electron chi connectivity index (χ0n) is 13.7. The molecule has 1 aliphatic heterocycles. The summed E-state index contributed by atoms with van der Waals surface area (Å²) >= 11 is 1.47. The topological polar surface area (TPSA) is 66.8 Å². The Balaban J connectivity index is 1.89. The van der Waals surface area contributed by atoms with Crippen LogP contribution >= 0.6 is 11.8 Å². The first-order chi connectivity index (χ1) is 10.9. The molecule has 1 aromatic rings. The average molecular weight is 337 g/mol. The quantitative estimate of drug-likeness (QED) is 0.837. The van der Waals surface area contributed by atoms with Crippen molar-refractivity contribution in [1.29, 1.82) is 0 Å². The highest BCUT2D eigenvalue weighted by atomic mass is 32.2. The molecule has 2 atom stereocenters. The van der Waals surface area contributed by atoms with Gasteiger partial charge in [0.05, 0.1) is 18.4 Å². The molecule has 0 aromatic heterocycles. The van der Waals surface area contributed by atoms with Crippen LogP contribution in [0.2, 0.25) is 0 Å². The molecule has 1 heterocycles. The normalized spacial score (nSPS) is 21.5. The van der Waals surface area contributed by atoms with E-state index in [1.54, 1.807) is 11.8 Å². The number of aliphatic carboxylic acids is 1. The van der Waals surface area contributed by atoms with Crippen molar-refractivity contribution in [2.75, 3.05) is 18.8 Å². The Morgan fingerprint density at radius 1 is 1.30 bits per heavy atom. The minimum Gasteiger partial charge on any atom is -0.479 e. The number of carboxylic acids is 1. The van der Waals surface area contributed by atoms with Crippen LogP contribution in [0.3, 0.4) is 0 Å². The van der Waals surface area contributed by atoms with E-state index in [9.17, 15) is 9.59 Å². The Bertz CT molecular complexity index is 558. The maximum absolute atomic E-state index is 12.3. The second-order valence-corrected chi connectivity index (χ2v) is 7.13. The average Bonchev–Trinajstić information content (AvgIpc) is 2.52. The van der Waals surface area contributed by atoms with Crippen molar-refractivity contribution >= 4 is 23.6 Å². The summed E-state index contributed by atoms with van der Waals surface area (Å²) in [6.45, 7) is 6.63. The molecule has 23 heavy (non-hydrogen) atoms. The Morgan fingerprint density at radius 3 is 2.52 bits per heavy atom. The molecule has 126 valence electrons. The van der Waals surface area contributed by atoms with Crippen molar-refractivity contribution in [3.8, 4) is 0 Å². The number of benzene rings is 1. The lowest BCUT2D eigenvalue weighted by molar-refractivity contribution is -0.165. The molecular weight excluding hydrogens is 314 g/mol. The molecule has 0 aliphatic carbocycles. The van der Waals surface area contributed by atoms with E-state index in [4.69, 9.17) is 9.84 Å². The number of morpholine rings is 1. The fourth-order valence-corrected chi connectivity index (χ4v) is 3.28. The number of carbonyl (C=O) groups excluding carboxylic acids is 1. The number of amides is 1. The number of nitrogens with zero attached hydrogens (tertiary/aromatic N) is 1. The summed E-state index contributed by atoms with van der Waals surface area (Å²) < 4.78 is 5.33. The maximum Gasteiger partial charge on any atom is 0.334 e. The third-order valence-electron chi connectivity index (χ3n) is 3.80. The van der Waals surface area contributed by atoms with E-state index >= 15 is 0 Å². The molecule has 1 aromatic carbocycles. The van der Waals surface area contributed by atoms with E-state index in [1.807, 2.05) is 12.1 Å². The lowest BCUT2D eigenvalue weighted by atomic mass is 10.0. The highest BCUT2D eigenvalue weighted by Crippen LogP contribution is 2.22. The summed E-state index contributed by atoms with van der Waals surface area (Å²) in [6, 6.07) is 8.20. The van der Waals surface area contributed by atoms with Crippen molar-refractivity contribution in [2.45, 2.75) is 43.8 Å². The molecule has 1 N–H and O–H groups in total. The van der Waals surface area contributed by atoms with Crippen molar-refractivity contribution in [3.05, 3.63) is 29.8 Å². The van der Waals surface area contributed by atoms with Crippen LogP contribution in [0.15, 0.2) is 29.2 Å². The smallest absolute Gasteiger partial charge is 0.334 e. The first-order valence-electron chi connectivity index (χ1n) is 7.75. The highest BCUT2D eigenvalue weighted by molar-refractivity contribution is 8.00. The monoisotopic (exact) mass is 337 g/mol. The summed E-state index contributed by atoms with van der Waals surface area (Å²) in [4.78, 5) is 26.0. The molecule has 0 saturated carbocycles. The van der Waals surface area contributed by atoms with Gasteiger partial charge in [-0.1, -0.05) is 26.0 Å². The third-order valence-corrected chi connectivity index (χ3v) is 4.79. The van der Waals surface area contributed by atoms with Crippen molar-refractivity contribution in [3.63, 3.8) is 0 Å². The Hall–Kier alpha value is -1.53. The van der Waals surface area contributed by atoms with E-state index in [2.05, 4.69) is 26.0 Å². The van der Waals surface area contributed by atoms with E-state index in [0.717, 1.165) is 4.90 Å². The fraction of sp³-hybridized carbons (Fsp3) is 0.529. The van der Waals surface area contributed by atoms with Gasteiger partial charge in [0.1, 0.15) is 0 Å². The predicted octanol–water partition coefficient (Wildman–Crippen LogP) is 2.60. The third kappa shape index (κ3) is 4.97. The maximum atomic E-state index is 12.3. The Morgan fingerprint density at radius 2 is 1.96 bits per heavy atom. The highest BCUT2D eigenvalue weighted by Gasteiger charge is 2.32. The summed E-state index contributed by atoms with van der Waals surface area (Å²) in [5, 5.41) is 9.07. The van der Waals surface area contributed by atoms with E-state index in [1.165, 1.54) is 17.3 Å². The molecule has 0 bridgehead atoms. The molecular formula is C17H23NO4S. The predicted molar refractivity (Wildman–Crippen MR) is 89.8 cm³/mol. The van der Waals surface area contributed by atoms with Crippen molar-refractivity contribution in [2.24, 2.45) is 0 Å². The van der Waals surface area contributed by atoms with Gasteiger partial charge in [-0.3, -0.25) is 4.79 Å². The number of carbonyl (C=O) groups is 2. The van der Waals surface area contributed by atoms with Crippen molar-refractivity contribution in [1.82, 2.24) is 4.90 Å². The molecule has 1 aliphatic rings. The van der Waals surface area contributed by atoms with Gasteiger partial charge < -0.3 is 14.7 Å². The zero-order chi connectivity index (χ0) is 17.0. The summed E-state index contributed by atoms with van der Waals surface area (Å²) in [5.74, 6) is -0.283. The Kier molecular flexibility index (Phi) is 6.07. The van der Waals surface area contributed by atoms with Gasteiger partial charge in [-0.15, -0.1) is 11.8 Å². The number of thioether (sulfide) groups is 1. The van der Waals surface area contributed by atoms with Crippen LogP contribution in [0, 0.1) is 0 Å². The number of carboxylic acid groups (broad SMARTS) is 1. The van der Waals surface area contributed by atoms with E-state index in [-0.39, 0.29) is 18.6 Å². The lowest BCUT2D eigenvalue weighted by Gasteiger charge is -2.34. The second-order valence-electron chi connectivity index (χ2n) is 6.08. The second kappa shape index (κ2) is 7.84. The van der Waals surface area contributed by atoms with Crippen molar-refractivity contribution < 1.29 is 19.4 Å². The number of hydrogen-bond acceptors (Lipinski definition) is 4. The summed E-state index contributed by atoms with van der Waals surface area (Å²) in [5.41, 5.74) is 1.27. The number of ether oxygens (including phenoxy) is 1. The molecule has 2 rings (SSSR count). The van der Waals surface area contributed by atoms with Gasteiger partial charge in [-0.05, 0) is 30.5 Å². The lowest BCUT2D eigenvalue weighted by Crippen LogP contribution is -2.52. The first kappa shape index (κ1) is 17.8. The number of rotatable bonds is 5. The molecule has 0 spiro atoms. The molecule has 1 amide bonds. The van der Waals surface area contributed by atoms with Gasteiger partial charge >= 0.3 is 5.97 Å². The summed E-state index contributed by atoms with van der Waals surface area (Å²) in [7, 11) is 0. The zero-order valence-corrected chi connectivity index (χ0v) is 14.5. The molecule has 1 saturated heterocycles. The van der Waals surface area contributed by atoms with Gasteiger partial charge in [0.2, 0.25) is 5.91 Å². The van der Waals surface area contributed by atoms with Crippen LogP contribution in [0.5, 0.6) is 0 Å². The Labute approximate surface area is 141 Å². The summed E-state index contributed by atoms with van der Waals surface area (Å²) in [6.07, 6.45) is -1.19. The standard InChI is InChI=1S/C17H23NO4S/c1-11(2)13-4-6-14(7-5-13)23-10-16(19)18-8-12(3)22-15(9-18)17(20)21/h4-7,11-12,15H,8-10H2,1-3H3,(H,20,21)/t12-,15?/m1/s1. The van der Waals surface area contributed by atoms with Crippen LogP contribution < -0.4 is 0 Å². The minimum atomic E-state index is -1.02. The van der Waals surface area contributed by atoms with Crippen LogP contribution in [-0.2, 0) is 14.3 Å². The van der Waals surface area contributed by atoms with E-state index < -0.39 is 12.1 Å². The molecule has 5 nitrogen and oxygen atoms in total. The van der Waals surface area contributed by atoms with E-state index in [0.29, 0.717) is 18.2 Å². The SMILES string of the molecule is CC(C)c1ccc(SCC(=O)N2CC(C(=O)O)O[C@H](C)C2)cc1. The van der Waals surface area contributed by atoms with Gasteiger partial charge in [0.25, 0.3) is 0 Å². The van der Waals surface area contributed by atoms with Crippen LogP contribution in [0.4, 0.5) is 0 Å². The first-order valence-corrected chi connectivity index (χ1v) is 8.74. The van der Waals surface area contributed by atoms with Gasteiger partial charge in [-0.2, -0.15) is 0 Å². The van der Waals surface area contributed by atoms with Gasteiger partial charge in [0.15, 0.2) is 6.10 Å². The molecule has 6 heteroatoms. The van der Waals surface area contributed by atoms with Gasteiger partial charge in [0, 0.05) is 11.4 Å². The molecule has 1 fully saturated rings. The molecule has 1 unspecified atom stereocenters. The van der Waals surface area contributed by atoms with Crippen LogP contribution in [0.1, 0.15) is 32.3 Å². The molecule has 0 radical (unpaired) electrons. The van der Waals surface area contributed by atoms with Crippen LogP contribution in [0.25, 0.3) is 0 Å². The fourth-order valence-electron chi connectivity index (χ4n) is 2.48. The number of hydrogen-bond donors (Lipinski definition) is 1. The van der Waals surface area contributed by atoms with Gasteiger partial charge in [-0.25, -0.2) is 4.79 Å².